The molecule has 0 aliphatic heterocycles. The van der Waals surface area contributed by atoms with Gasteiger partial charge in [0.05, 0.1) is 22.5 Å². The summed E-state index contributed by atoms with van der Waals surface area (Å²) in [5.74, 6) is -0.227. The van der Waals surface area contributed by atoms with Gasteiger partial charge in [0, 0.05) is 6.54 Å². The number of aryl methyl sites for hydroxylation is 3. The Hall–Kier alpha value is -3.74. The minimum atomic E-state index is -0.306. The molecule has 0 spiro atoms. The normalized spacial score (nSPS) is 11.0. The van der Waals surface area contributed by atoms with Crippen LogP contribution in [0.1, 0.15) is 23.4 Å². The highest BCUT2D eigenvalue weighted by Crippen LogP contribution is 2.19. The van der Waals surface area contributed by atoms with Crippen molar-refractivity contribution in [1.29, 1.82) is 0 Å². The molecule has 7 nitrogen and oxygen atoms in total. The molecule has 1 N–H and O–H groups in total. The molecule has 0 atom stereocenters. The van der Waals surface area contributed by atoms with Crippen LogP contribution in [-0.4, -0.2) is 32.0 Å². The minimum Gasteiger partial charge on any atom is -0.354 e. The Kier molecular flexibility index (Phi) is 5.93. The molecule has 4 aromatic rings. The SMILES string of the molecule is Cc1nn(CC(=O)NCCCc2ccccc2)c(=O)c2c(C)n(-c3ccccc3)nc12. The fourth-order valence-corrected chi connectivity index (χ4v) is 3.70. The van der Waals surface area contributed by atoms with E-state index in [1.165, 1.54) is 10.2 Å². The average Bonchev–Trinajstić information content (AvgIpc) is 3.14. The summed E-state index contributed by atoms with van der Waals surface area (Å²) in [6.45, 7) is 4.10. The van der Waals surface area contributed by atoms with Gasteiger partial charge in [0.2, 0.25) is 5.91 Å². The zero-order valence-corrected chi connectivity index (χ0v) is 17.7. The molecule has 2 aromatic heterocycles. The summed E-state index contributed by atoms with van der Waals surface area (Å²) in [7, 11) is 0. The summed E-state index contributed by atoms with van der Waals surface area (Å²) in [6, 6.07) is 19.8. The first-order valence-electron chi connectivity index (χ1n) is 10.4. The van der Waals surface area contributed by atoms with Crippen molar-refractivity contribution < 1.29 is 4.79 Å². The van der Waals surface area contributed by atoms with E-state index in [1.54, 1.807) is 11.6 Å². The molecule has 0 unspecified atom stereocenters. The van der Waals surface area contributed by atoms with Crippen LogP contribution < -0.4 is 10.9 Å². The first-order chi connectivity index (χ1) is 15.0. The Labute approximate surface area is 180 Å². The first-order valence-corrected chi connectivity index (χ1v) is 10.4. The van der Waals surface area contributed by atoms with Crippen molar-refractivity contribution in [3.05, 3.63) is 88.0 Å². The number of hydrogen-bond donors (Lipinski definition) is 1. The number of carbonyl (C=O) groups excluding carboxylic acids is 1. The number of benzene rings is 2. The summed E-state index contributed by atoms with van der Waals surface area (Å²) >= 11 is 0. The topological polar surface area (TPSA) is 81.8 Å². The lowest BCUT2D eigenvalue weighted by molar-refractivity contribution is -0.121. The molecule has 0 aliphatic carbocycles. The highest BCUT2D eigenvalue weighted by Gasteiger charge is 2.18. The Morgan fingerprint density at radius 3 is 2.35 bits per heavy atom. The Bertz CT molecular complexity index is 1260. The minimum absolute atomic E-state index is 0.114. The van der Waals surface area contributed by atoms with Crippen LogP contribution in [0.15, 0.2) is 65.5 Å². The Morgan fingerprint density at radius 1 is 0.968 bits per heavy atom. The highest BCUT2D eigenvalue weighted by molar-refractivity contribution is 5.83. The molecular weight excluding hydrogens is 390 g/mol. The van der Waals surface area contributed by atoms with Crippen LogP contribution in [0.3, 0.4) is 0 Å². The molecule has 0 radical (unpaired) electrons. The smallest absolute Gasteiger partial charge is 0.278 e. The van der Waals surface area contributed by atoms with Gasteiger partial charge >= 0.3 is 0 Å². The maximum atomic E-state index is 13.1. The van der Waals surface area contributed by atoms with Crippen molar-refractivity contribution in [3.63, 3.8) is 0 Å². The van der Waals surface area contributed by atoms with Crippen molar-refractivity contribution in [3.8, 4) is 5.69 Å². The van der Waals surface area contributed by atoms with Crippen LogP contribution in [0.2, 0.25) is 0 Å². The van der Waals surface area contributed by atoms with Crippen LogP contribution in [0.25, 0.3) is 16.6 Å². The van der Waals surface area contributed by atoms with E-state index < -0.39 is 0 Å². The van der Waals surface area contributed by atoms with Crippen molar-refractivity contribution in [2.24, 2.45) is 0 Å². The third kappa shape index (κ3) is 4.40. The van der Waals surface area contributed by atoms with Gasteiger partial charge in [-0.1, -0.05) is 48.5 Å². The number of hydrogen-bond acceptors (Lipinski definition) is 4. The molecular formula is C24H25N5O2. The van der Waals surface area contributed by atoms with Crippen LogP contribution >= 0.6 is 0 Å². The number of amides is 1. The number of rotatable bonds is 7. The number of aromatic nitrogens is 4. The van der Waals surface area contributed by atoms with Crippen molar-refractivity contribution in [1.82, 2.24) is 24.9 Å². The summed E-state index contributed by atoms with van der Waals surface area (Å²) in [6.07, 6.45) is 1.72. The van der Waals surface area contributed by atoms with Gasteiger partial charge in [0.15, 0.2) is 0 Å². The predicted molar refractivity (Wildman–Crippen MR) is 120 cm³/mol. The standard InChI is InChI=1S/C24H25N5O2/c1-17-23-22(18(2)29(27-23)20-13-7-4-8-14-20)24(31)28(26-17)16-21(30)25-15-9-12-19-10-5-3-6-11-19/h3-8,10-11,13-14H,9,12,15-16H2,1-2H3,(H,25,30). The Morgan fingerprint density at radius 2 is 1.65 bits per heavy atom. The lowest BCUT2D eigenvalue weighted by Gasteiger charge is -2.08. The molecule has 0 aliphatic rings. The van der Waals surface area contributed by atoms with Gasteiger partial charge in [-0.2, -0.15) is 10.2 Å². The summed E-state index contributed by atoms with van der Waals surface area (Å²) in [5, 5.41) is 12.3. The molecule has 7 heteroatoms. The lowest BCUT2D eigenvalue weighted by atomic mass is 10.1. The number of fused-ring (bicyclic) bond motifs is 1. The lowest BCUT2D eigenvalue weighted by Crippen LogP contribution is -2.34. The average molecular weight is 415 g/mol. The van der Waals surface area contributed by atoms with E-state index in [1.807, 2.05) is 55.5 Å². The van der Waals surface area contributed by atoms with Crippen molar-refractivity contribution in [2.75, 3.05) is 6.54 Å². The van der Waals surface area contributed by atoms with E-state index in [0.29, 0.717) is 23.1 Å². The molecule has 2 aromatic carbocycles. The zero-order chi connectivity index (χ0) is 21.8. The molecule has 31 heavy (non-hydrogen) atoms. The molecule has 4 rings (SSSR count). The van der Waals surface area contributed by atoms with Crippen LogP contribution in [0.4, 0.5) is 0 Å². The van der Waals surface area contributed by atoms with E-state index >= 15 is 0 Å². The van der Waals surface area contributed by atoms with Crippen LogP contribution in [0.5, 0.6) is 0 Å². The molecule has 0 fully saturated rings. The van der Waals surface area contributed by atoms with Gasteiger partial charge in [-0.25, -0.2) is 9.36 Å². The van der Waals surface area contributed by atoms with E-state index in [-0.39, 0.29) is 18.0 Å². The fraction of sp³-hybridized carbons (Fsp3) is 0.250. The second-order valence-corrected chi connectivity index (χ2v) is 7.54. The molecule has 0 saturated carbocycles. The van der Waals surface area contributed by atoms with Gasteiger partial charge in [-0.15, -0.1) is 0 Å². The fourth-order valence-electron chi connectivity index (χ4n) is 3.70. The van der Waals surface area contributed by atoms with Crippen molar-refractivity contribution in [2.45, 2.75) is 33.2 Å². The number of nitrogens with zero attached hydrogens (tertiary/aromatic N) is 4. The number of nitrogens with one attached hydrogen (secondary N) is 1. The van der Waals surface area contributed by atoms with Crippen LogP contribution in [0, 0.1) is 13.8 Å². The van der Waals surface area contributed by atoms with E-state index in [0.717, 1.165) is 24.2 Å². The third-order valence-electron chi connectivity index (χ3n) is 5.28. The molecule has 158 valence electrons. The first kappa shape index (κ1) is 20.5. The third-order valence-corrected chi connectivity index (χ3v) is 5.28. The van der Waals surface area contributed by atoms with E-state index in [2.05, 4.69) is 27.6 Å². The summed E-state index contributed by atoms with van der Waals surface area (Å²) in [4.78, 5) is 25.5. The molecule has 0 bridgehead atoms. The number of carbonyl (C=O) groups is 1. The second-order valence-electron chi connectivity index (χ2n) is 7.54. The highest BCUT2D eigenvalue weighted by atomic mass is 16.2. The van der Waals surface area contributed by atoms with Gasteiger partial charge in [-0.05, 0) is 44.4 Å². The largest absolute Gasteiger partial charge is 0.354 e. The van der Waals surface area contributed by atoms with E-state index in [9.17, 15) is 9.59 Å². The summed E-state index contributed by atoms with van der Waals surface area (Å²) < 4.78 is 2.98. The Balaban J connectivity index is 1.49. The molecule has 1 amide bonds. The maximum Gasteiger partial charge on any atom is 0.278 e. The second kappa shape index (κ2) is 8.95. The molecule has 2 heterocycles. The van der Waals surface area contributed by atoms with Gasteiger partial charge < -0.3 is 5.32 Å². The van der Waals surface area contributed by atoms with Gasteiger partial charge in [0.1, 0.15) is 12.1 Å². The predicted octanol–water partition coefficient (Wildman–Crippen LogP) is 2.95. The van der Waals surface area contributed by atoms with Crippen LogP contribution in [-0.2, 0) is 17.8 Å². The monoisotopic (exact) mass is 415 g/mol. The number of para-hydroxylation sites is 1. The summed E-state index contributed by atoms with van der Waals surface area (Å²) in [5.41, 5.74) is 3.71. The quantitative estimate of drug-likeness (QED) is 0.471. The van der Waals surface area contributed by atoms with Gasteiger partial charge in [0.25, 0.3) is 5.56 Å². The maximum absolute atomic E-state index is 13.1. The van der Waals surface area contributed by atoms with Crippen molar-refractivity contribution >= 4 is 16.8 Å². The van der Waals surface area contributed by atoms with Gasteiger partial charge in [-0.3, -0.25) is 9.59 Å². The molecule has 0 saturated heterocycles. The van der Waals surface area contributed by atoms with E-state index in [4.69, 9.17) is 0 Å². The zero-order valence-electron chi connectivity index (χ0n) is 17.7.